The Bertz CT molecular complexity index is 610. The number of benzene rings is 1. The quantitative estimate of drug-likeness (QED) is 0.783. The molecule has 0 fully saturated rings. The van der Waals surface area contributed by atoms with Crippen molar-refractivity contribution >= 4 is 5.70 Å². The SMILES string of the molecule is OC(c1ncc[nH]1)c1ccc(F)cc1C1=COCN1. The van der Waals surface area contributed by atoms with Crippen LogP contribution in [0.2, 0.25) is 0 Å². The molecule has 1 aromatic carbocycles. The predicted octanol–water partition coefficient (Wildman–Crippen LogP) is 1.51. The van der Waals surface area contributed by atoms with Gasteiger partial charge in [0.25, 0.3) is 0 Å². The fourth-order valence-electron chi connectivity index (χ4n) is 2.02. The Morgan fingerprint density at radius 3 is 3.00 bits per heavy atom. The first-order valence-corrected chi connectivity index (χ1v) is 5.78. The Balaban J connectivity index is 2.05. The van der Waals surface area contributed by atoms with E-state index in [1.54, 1.807) is 18.5 Å². The first kappa shape index (κ1) is 11.7. The number of aliphatic hydroxyl groups is 1. The number of ether oxygens (including phenoxy) is 1. The van der Waals surface area contributed by atoms with E-state index in [9.17, 15) is 9.50 Å². The Labute approximate surface area is 108 Å². The van der Waals surface area contributed by atoms with Gasteiger partial charge in [-0.05, 0) is 17.7 Å². The minimum atomic E-state index is -0.950. The summed E-state index contributed by atoms with van der Waals surface area (Å²) in [5, 5.41) is 13.3. The van der Waals surface area contributed by atoms with E-state index in [1.165, 1.54) is 18.4 Å². The van der Waals surface area contributed by atoms with Crippen molar-refractivity contribution in [2.24, 2.45) is 0 Å². The molecule has 2 aromatic rings. The van der Waals surface area contributed by atoms with Gasteiger partial charge in [-0.3, -0.25) is 0 Å². The van der Waals surface area contributed by atoms with Gasteiger partial charge < -0.3 is 20.1 Å². The van der Waals surface area contributed by atoms with Crippen LogP contribution in [0.3, 0.4) is 0 Å². The summed E-state index contributed by atoms with van der Waals surface area (Å²) in [5.74, 6) is 0.0346. The Morgan fingerprint density at radius 2 is 2.32 bits per heavy atom. The van der Waals surface area contributed by atoms with Gasteiger partial charge in [-0.1, -0.05) is 6.07 Å². The molecule has 3 rings (SSSR count). The molecule has 0 saturated heterocycles. The van der Waals surface area contributed by atoms with Gasteiger partial charge in [0.2, 0.25) is 0 Å². The molecule has 2 heterocycles. The summed E-state index contributed by atoms with van der Waals surface area (Å²) in [7, 11) is 0. The third-order valence-electron chi connectivity index (χ3n) is 2.93. The van der Waals surface area contributed by atoms with E-state index in [4.69, 9.17) is 4.74 Å². The Hall–Kier alpha value is -2.34. The van der Waals surface area contributed by atoms with Crippen molar-refractivity contribution in [3.8, 4) is 0 Å². The summed E-state index contributed by atoms with van der Waals surface area (Å²) in [6, 6.07) is 4.20. The van der Waals surface area contributed by atoms with E-state index in [-0.39, 0.29) is 5.82 Å². The smallest absolute Gasteiger partial charge is 0.158 e. The molecule has 0 spiro atoms. The van der Waals surface area contributed by atoms with Gasteiger partial charge in [0.15, 0.2) is 6.73 Å². The highest BCUT2D eigenvalue weighted by molar-refractivity contribution is 5.67. The van der Waals surface area contributed by atoms with Crippen molar-refractivity contribution in [1.29, 1.82) is 0 Å². The molecule has 3 N–H and O–H groups in total. The number of hydrogen-bond donors (Lipinski definition) is 3. The minimum Gasteiger partial charge on any atom is -0.479 e. The van der Waals surface area contributed by atoms with E-state index >= 15 is 0 Å². The molecular weight excluding hydrogens is 249 g/mol. The van der Waals surface area contributed by atoms with Crippen LogP contribution < -0.4 is 5.32 Å². The molecule has 1 aromatic heterocycles. The van der Waals surface area contributed by atoms with Crippen molar-refractivity contribution in [2.75, 3.05) is 6.73 Å². The van der Waals surface area contributed by atoms with E-state index in [0.29, 0.717) is 29.4 Å². The lowest BCUT2D eigenvalue weighted by atomic mass is 9.99. The van der Waals surface area contributed by atoms with Gasteiger partial charge in [0, 0.05) is 18.0 Å². The first-order chi connectivity index (χ1) is 9.25. The zero-order chi connectivity index (χ0) is 13.2. The van der Waals surface area contributed by atoms with Crippen LogP contribution in [-0.2, 0) is 4.74 Å². The van der Waals surface area contributed by atoms with Gasteiger partial charge in [-0.25, -0.2) is 9.37 Å². The van der Waals surface area contributed by atoms with Crippen LogP contribution in [0.15, 0.2) is 36.9 Å². The van der Waals surface area contributed by atoms with Crippen LogP contribution in [0.5, 0.6) is 0 Å². The standard InChI is InChI=1S/C13H12FN3O2/c14-8-1-2-9(12(18)13-15-3-4-16-13)10(5-8)11-6-19-7-17-11/h1-6,12,17-18H,7H2,(H,15,16). The van der Waals surface area contributed by atoms with Crippen molar-refractivity contribution in [2.45, 2.75) is 6.10 Å². The number of rotatable bonds is 3. The largest absolute Gasteiger partial charge is 0.479 e. The highest BCUT2D eigenvalue weighted by Crippen LogP contribution is 2.28. The van der Waals surface area contributed by atoms with Crippen LogP contribution in [0, 0.1) is 5.82 Å². The summed E-state index contributed by atoms with van der Waals surface area (Å²) in [6.45, 7) is 0.335. The van der Waals surface area contributed by atoms with E-state index < -0.39 is 6.10 Å². The molecule has 6 heteroatoms. The van der Waals surface area contributed by atoms with Gasteiger partial charge in [-0.15, -0.1) is 0 Å². The van der Waals surface area contributed by atoms with Crippen LogP contribution in [0.1, 0.15) is 23.1 Å². The van der Waals surface area contributed by atoms with Crippen molar-refractivity contribution in [1.82, 2.24) is 15.3 Å². The molecule has 5 nitrogen and oxygen atoms in total. The second kappa shape index (κ2) is 4.74. The zero-order valence-corrected chi connectivity index (χ0v) is 9.93. The second-order valence-electron chi connectivity index (χ2n) is 4.13. The molecule has 0 saturated carbocycles. The van der Waals surface area contributed by atoms with E-state index in [1.807, 2.05) is 0 Å². The Kier molecular flexibility index (Phi) is 2.92. The summed E-state index contributed by atoms with van der Waals surface area (Å²) in [6.07, 6.45) is 3.73. The maximum Gasteiger partial charge on any atom is 0.158 e. The molecule has 19 heavy (non-hydrogen) atoms. The lowest BCUT2D eigenvalue weighted by Crippen LogP contribution is -2.12. The second-order valence-corrected chi connectivity index (χ2v) is 4.13. The van der Waals surface area contributed by atoms with Gasteiger partial charge in [0.1, 0.15) is 24.0 Å². The molecule has 0 aliphatic carbocycles. The van der Waals surface area contributed by atoms with Crippen molar-refractivity contribution in [3.05, 3.63) is 59.6 Å². The normalized spacial score (nSPS) is 15.6. The number of nitrogens with one attached hydrogen (secondary N) is 2. The number of nitrogens with zero attached hydrogens (tertiary/aromatic N) is 1. The average molecular weight is 261 g/mol. The lowest BCUT2D eigenvalue weighted by molar-refractivity contribution is 0.210. The van der Waals surface area contributed by atoms with Crippen LogP contribution in [0.4, 0.5) is 4.39 Å². The van der Waals surface area contributed by atoms with Crippen LogP contribution in [-0.4, -0.2) is 21.8 Å². The monoisotopic (exact) mass is 261 g/mol. The molecule has 1 aliphatic rings. The summed E-state index contributed by atoms with van der Waals surface area (Å²) < 4.78 is 18.5. The molecule has 0 bridgehead atoms. The van der Waals surface area contributed by atoms with Crippen molar-refractivity contribution in [3.63, 3.8) is 0 Å². The zero-order valence-electron chi connectivity index (χ0n) is 9.93. The number of hydrogen-bond acceptors (Lipinski definition) is 4. The fraction of sp³-hybridized carbons (Fsp3) is 0.154. The fourth-order valence-corrected chi connectivity index (χ4v) is 2.02. The highest BCUT2D eigenvalue weighted by Gasteiger charge is 2.20. The predicted molar refractivity (Wildman–Crippen MR) is 66.1 cm³/mol. The summed E-state index contributed by atoms with van der Waals surface area (Å²) in [5.41, 5.74) is 1.75. The number of aromatic amines is 1. The van der Waals surface area contributed by atoms with Crippen LogP contribution >= 0.6 is 0 Å². The molecule has 1 unspecified atom stereocenters. The third kappa shape index (κ3) is 2.17. The van der Waals surface area contributed by atoms with Crippen molar-refractivity contribution < 1.29 is 14.2 Å². The number of imidazole rings is 1. The number of aromatic nitrogens is 2. The van der Waals surface area contributed by atoms with E-state index in [2.05, 4.69) is 15.3 Å². The summed E-state index contributed by atoms with van der Waals surface area (Å²) >= 11 is 0. The van der Waals surface area contributed by atoms with Gasteiger partial charge in [-0.2, -0.15) is 0 Å². The van der Waals surface area contributed by atoms with E-state index in [0.717, 1.165) is 0 Å². The van der Waals surface area contributed by atoms with Gasteiger partial charge in [0.05, 0.1) is 5.70 Å². The number of H-pyrrole nitrogens is 1. The molecule has 0 amide bonds. The topological polar surface area (TPSA) is 70.2 Å². The number of halogens is 1. The number of aliphatic hydroxyl groups excluding tert-OH is 1. The highest BCUT2D eigenvalue weighted by atomic mass is 19.1. The molecular formula is C13H12FN3O2. The first-order valence-electron chi connectivity index (χ1n) is 5.78. The third-order valence-corrected chi connectivity index (χ3v) is 2.93. The molecule has 1 aliphatic heterocycles. The Morgan fingerprint density at radius 1 is 1.42 bits per heavy atom. The van der Waals surface area contributed by atoms with Gasteiger partial charge >= 0.3 is 0 Å². The summed E-state index contributed by atoms with van der Waals surface area (Å²) in [4.78, 5) is 6.85. The molecule has 1 atom stereocenters. The van der Waals surface area contributed by atoms with Crippen LogP contribution in [0.25, 0.3) is 5.70 Å². The maximum absolute atomic E-state index is 13.4. The lowest BCUT2D eigenvalue weighted by Gasteiger charge is -2.14. The minimum absolute atomic E-state index is 0.335. The molecule has 98 valence electrons. The maximum atomic E-state index is 13.4. The average Bonchev–Trinajstić information content (AvgIpc) is 3.11. The molecule has 0 radical (unpaired) electrons.